The normalized spacial score (nSPS) is 10.4. The lowest BCUT2D eigenvalue weighted by Crippen LogP contribution is -2.06. The number of benzene rings is 3. The molecule has 5 heteroatoms. The third-order valence-electron chi connectivity index (χ3n) is 4.35. The number of halogens is 1. The van der Waals surface area contributed by atoms with Crippen LogP contribution in [0.5, 0.6) is 0 Å². The maximum Gasteiger partial charge on any atom is 0.337 e. The van der Waals surface area contributed by atoms with E-state index in [1.165, 1.54) is 7.11 Å². The molecular formula is C23H20ClNO3. The molecule has 0 bridgehead atoms. The van der Waals surface area contributed by atoms with Crippen LogP contribution in [0, 0.1) is 0 Å². The zero-order chi connectivity index (χ0) is 19.9. The number of anilines is 2. The van der Waals surface area contributed by atoms with Crippen LogP contribution in [0.25, 0.3) is 0 Å². The van der Waals surface area contributed by atoms with E-state index in [0.717, 1.165) is 11.3 Å². The second kappa shape index (κ2) is 9.20. The Balaban J connectivity index is 1.71. The van der Waals surface area contributed by atoms with Gasteiger partial charge in [-0.05, 0) is 54.4 Å². The van der Waals surface area contributed by atoms with Crippen LogP contribution in [0.2, 0.25) is 5.02 Å². The van der Waals surface area contributed by atoms with Crippen molar-refractivity contribution in [2.45, 2.75) is 12.8 Å². The first-order chi connectivity index (χ1) is 13.6. The van der Waals surface area contributed by atoms with Crippen LogP contribution in [-0.4, -0.2) is 18.9 Å². The van der Waals surface area contributed by atoms with Crippen molar-refractivity contribution in [3.63, 3.8) is 0 Å². The lowest BCUT2D eigenvalue weighted by Gasteiger charge is -2.12. The summed E-state index contributed by atoms with van der Waals surface area (Å²) in [6, 6.07) is 21.9. The van der Waals surface area contributed by atoms with Crippen LogP contribution in [0.1, 0.15) is 32.7 Å². The molecule has 3 aromatic carbocycles. The molecule has 4 nitrogen and oxygen atoms in total. The molecule has 0 saturated heterocycles. The highest BCUT2D eigenvalue weighted by Crippen LogP contribution is 2.26. The molecule has 28 heavy (non-hydrogen) atoms. The number of ether oxygens (including phenoxy) is 1. The van der Waals surface area contributed by atoms with E-state index < -0.39 is 0 Å². The number of ketones is 1. The van der Waals surface area contributed by atoms with E-state index >= 15 is 0 Å². The fourth-order valence-electron chi connectivity index (χ4n) is 2.86. The van der Waals surface area contributed by atoms with Gasteiger partial charge in [0.05, 0.1) is 18.4 Å². The average molecular weight is 394 g/mol. The number of nitrogens with one attached hydrogen (secondary N) is 1. The topological polar surface area (TPSA) is 55.4 Å². The summed E-state index contributed by atoms with van der Waals surface area (Å²) in [5.41, 5.74) is 3.64. The molecule has 0 fully saturated rings. The molecule has 0 aliphatic heterocycles. The second-order valence-electron chi connectivity index (χ2n) is 6.29. The van der Waals surface area contributed by atoms with E-state index in [0.29, 0.717) is 34.7 Å². The first-order valence-electron chi connectivity index (χ1n) is 8.89. The molecular weight excluding hydrogens is 374 g/mol. The zero-order valence-corrected chi connectivity index (χ0v) is 16.2. The third kappa shape index (κ3) is 4.99. The van der Waals surface area contributed by atoms with Gasteiger partial charge in [-0.15, -0.1) is 0 Å². The number of esters is 1. The van der Waals surface area contributed by atoms with E-state index in [2.05, 4.69) is 5.32 Å². The minimum absolute atomic E-state index is 0.0205. The summed E-state index contributed by atoms with van der Waals surface area (Å²) in [5.74, 6) is -0.354. The summed E-state index contributed by atoms with van der Waals surface area (Å²) in [7, 11) is 1.35. The highest BCUT2D eigenvalue weighted by molar-refractivity contribution is 6.31. The lowest BCUT2D eigenvalue weighted by atomic mass is 10.0. The quantitative estimate of drug-likeness (QED) is 0.414. The van der Waals surface area contributed by atoms with E-state index in [1.54, 1.807) is 30.3 Å². The van der Waals surface area contributed by atoms with Crippen LogP contribution in [0.15, 0.2) is 72.8 Å². The van der Waals surface area contributed by atoms with Crippen molar-refractivity contribution in [2.75, 3.05) is 12.4 Å². The van der Waals surface area contributed by atoms with Crippen molar-refractivity contribution in [1.29, 1.82) is 0 Å². The number of methoxy groups -OCH3 is 1. The zero-order valence-electron chi connectivity index (χ0n) is 15.4. The minimum atomic E-state index is -0.375. The Morgan fingerprint density at radius 1 is 0.964 bits per heavy atom. The van der Waals surface area contributed by atoms with Crippen molar-refractivity contribution < 1.29 is 14.3 Å². The Hall–Kier alpha value is -3.11. The van der Waals surface area contributed by atoms with Crippen molar-refractivity contribution in [3.8, 4) is 0 Å². The fourth-order valence-corrected chi connectivity index (χ4v) is 3.03. The molecule has 0 atom stereocenters. The molecule has 0 heterocycles. The monoisotopic (exact) mass is 393 g/mol. The van der Waals surface area contributed by atoms with Gasteiger partial charge in [-0.3, -0.25) is 4.79 Å². The van der Waals surface area contributed by atoms with E-state index in [1.807, 2.05) is 42.5 Å². The van der Waals surface area contributed by atoms with Crippen molar-refractivity contribution in [1.82, 2.24) is 0 Å². The number of Topliss-reactive ketones (excluding diaryl/α,β-unsaturated/α-hetero) is 1. The van der Waals surface area contributed by atoms with Crippen molar-refractivity contribution in [3.05, 3.63) is 94.5 Å². The largest absolute Gasteiger partial charge is 0.465 e. The van der Waals surface area contributed by atoms with Gasteiger partial charge in [-0.1, -0.05) is 41.9 Å². The Morgan fingerprint density at radius 3 is 2.36 bits per heavy atom. The van der Waals surface area contributed by atoms with Gasteiger partial charge in [0.2, 0.25) is 0 Å². The van der Waals surface area contributed by atoms with Crippen LogP contribution < -0.4 is 5.32 Å². The molecule has 0 radical (unpaired) electrons. The molecule has 3 rings (SSSR count). The molecule has 0 saturated carbocycles. The van der Waals surface area contributed by atoms with Crippen LogP contribution in [0.3, 0.4) is 0 Å². The summed E-state index contributed by atoms with van der Waals surface area (Å²) in [5, 5.41) is 3.83. The van der Waals surface area contributed by atoms with Gasteiger partial charge in [0.15, 0.2) is 5.78 Å². The molecule has 0 spiro atoms. The number of para-hydroxylation sites is 1. The predicted octanol–water partition coefficient (Wildman–Crippen LogP) is 5.69. The molecule has 0 aromatic heterocycles. The van der Waals surface area contributed by atoms with E-state index in [9.17, 15) is 9.59 Å². The number of carbonyl (C=O) groups is 2. The predicted molar refractivity (Wildman–Crippen MR) is 112 cm³/mol. The minimum Gasteiger partial charge on any atom is -0.465 e. The van der Waals surface area contributed by atoms with Gasteiger partial charge < -0.3 is 10.1 Å². The number of hydrogen-bond acceptors (Lipinski definition) is 4. The van der Waals surface area contributed by atoms with Crippen LogP contribution >= 0.6 is 11.6 Å². The first-order valence-corrected chi connectivity index (χ1v) is 9.26. The van der Waals surface area contributed by atoms with Crippen molar-refractivity contribution in [2.24, 2.45) is 0 Å². The molecule has 0 unspecified atom stereocenters. The molecule has 0 aliphatic rings. The summed E-state index contributed by atoms with van der Waals surface area (Å²) < 4.78 is 4.69. The lowest BCUT2D eigenvalue weighted by molar-refractivity contribution is 0.0600. The Kier molecular flexibility index (Phi) is 6.45. The third-order valence-corrected chi connectivity index (χ3v) is 4.59. The number of carbonyl (C=O) groups excluding carboxylic acids is 2. The van der Waals surface area contributed by atoms with E-state index in [-0.39, 0.29) is 11.8 Å². The van der Waals surface area contributed by atoms with Gasteiger partial charge in [-0.25, -0.2) is 4.79 Å². The molecule has 1 N–H and O–H groups in total. The second-order valence-corrected chi connectivity index (χ2v) is 6.73. The Labute approximate surface area is 169 Å². The van der Waals surface area contributed by atoms with Gasteiger partial charge in [0.1, 0.15) is 0 Å². The SMILES string of the molecule is COC(=O)c1ccc(CCC(=O)c2ccc(Cl)cc2Nc2ccccc2)cc1. The maximum atomic E-state index is 12.8. The average Bonchev–Trinajstić information content (AvgIpc) is 2.72. The smallest absolute Gasteiger partial charge is 0.337 e. The molecule has 3 aromatic rings. The van der Waals surface area contributed by atoms with Crippen molar-refractivity contribution >= 4 is 34.7 Å². The maximum absolute atomic E-state index is 12.8. The summed E-state index contributed by atoms with van der Waals surface area (Å²) in [6.07, 6.45) is 0.927. The van der Waals surface area contributed by atoms with Gasteiger partial charge in [-0.2, -0.15) is 0 Å². The standard InChI is InChI=1S/C23H20ClNO3/c1-28-23(27)17-10-7-16(8-11-17)9-14-22(26)20-13-12-18(24)15-21(20)25-19-5-3-2-4-6-19/h2-8,10-13,15,25H,9,14H2,1H3. The van der Waals surface area contributed by atoms with E-state index in [4.69, 9.17) is 16.3 Å². The van der Waals surface area contributed by atoms with Gasteiger partial charge >= 0.3 is 5.97 Å². The molecule has 0 amide bonds. The summed E-state index contributed by atoms with van der Waals surface area (Å²) >= 11 is 6.12. The molecule has 0 aliphatic carbocycles. The number of rotatable bonds is 7. The highest BCUT2D eigenvalue weighted by Gasteiger charge is 2.13. The van der Waals surface area contributed by atoms with Crippen LogP contribution in [0.4, 0.5) is 11.4 Å². The van der Waals surface area contributed by atoms with Crippen LogP contribution in [-0.2, 0) is 11.2 Å². The van der Waals surface area contributed by atoms with Gasteiger partial charge in [0, 0.05) is 22.7 Å². The summed E-state index contributed by atoms with van der Waals surface area (Å²) in [6.45, 7) is 0. The van der Waals surface area contributed by atoms with Gasteiger partial charge in [0.25, 0.3) is 0 Å². The highest BCUT2D eigenvalue weighted by atomic mass is 35.5. The first kappa shape index (κ1) is 19.6. The Morgan fingerprint density at radius 2 is 1.68 bits per heavy atom. The number of hydrogen-bond donors (Lipinski definition) is 1. The fraction of sp³-hybridized carbons (Fsp3) is 0.130. The summed E-state index contributed by atoms with van der Waals surface area (Å²) in [4.78, 5) is 24.3. The molecule has 142 valence electrons. The number of aryl methyl sites for hydroxylation is 1. The Bertz CT molecular complexity index is 969.